The first-order chi connectivity index (χ1) is 15.5. The van der Waals surface area contributed by atoms with Crippen LogP contribution in [0.25, 0.3) is 10.9 Å². The number of para-hydroxylation sites is 1. The first-order valence-corrected chi connectivity index (χ1v) is 11.7. The monoisotopic (exact) mass is 448 g/mol. The summed E-state index contributed by atoms with van der Waals surface area (Å²) >= 11 is 5.57. The van der Waals surface area contributed by atoms with Gasteiger partial charge in [0.2, 0.25) is 5.95 Å². The quantitative estimate of drug-likeness (QED) is 0.475. The Morgan fingerprint density at radius 3 is 2.31 bits per heavy atom. The van der Waals surface area contributed by atoms with E-state index in [1.165, 1.54) is 5.56 Å². The maximum absolute atomic E-state index is 5.57. The molecule has 0 bridgehead atoms. The molecule has 1 fully saturated rings. The van der Waals surface area contributed by atoms with Gasteiger partial charge in [-0.2, -0.15) is 4.98 Å². The summed E-state index contributed by atoms with van der Waals surface area (Å²) in [5.74, 6) is 1.65. The van der Waals surface area contributed by atoms with Gasteiger partial charge < -0.3 is 20.9 Å². The molecule has 3 N–H and O–H groups in total. The number of hydrogen-bond acceptors (Lipinski definition) is 5. The number of hydrogen-bond donors (Lipinski definition) is 3. The summed E-state index contributed by atoms with van der Waals surface area (Å²) in [5.41, 5.74) is 2.20. The normalized spacial score (nSPS) is 19.2. The molecule has 6 nitrogen and oxygen atoms in total. The first kappa shape index (κ1) is 22.3. The molecule has 1 atom stereocenters. The third-order valence-corrected chi connectivity index (χ3v) is 6.29. The predicted molar refractivity (Wildman–Crippen MR) is 137 cm³/mol. The minimum atomic E-state index is 0.185. The molecule has 1 aliphatic carbocycles. The van der Waals surface area contributed by atoms with Gasteiger partial charge in [0.25, 0.3) is 0 Å². The standard InChI is InChI=1S/C25H32N6S/c1-17(18-9-5-4-6-10-18)26-25(32)28-20-15-13-19(14-16-20)27-24-29-22-12-8-7-11-21(22)23(30-24)31(2)3/h4-12,17,19-20H,13-16H2,1-3H3,(H2,26,28,32)(H,27,29,30)/t17?,19-,20+. The summed E-state index contributed by atoms with van der Waals surface area (Å²) in [6.07, 6.45) is 4.24. The van der Waals surface area contributed by atoms with Crippen LogP contribution in [0.5, 0.6) is 0 Å². The second-order valence-electron chi connectivity index (χ2n) is 8.73. The molecule has 0 amide bonds. The van der Waals surface area contributed by atoms with E-state index in [9.17, 15) is 0 Å². The summed E-state index contributed by atoms with van der Waals surface area (Å²) in [6, 6.07) is 19.5. The molecule has 1 heterocycles. The minimum Gasteiger partial charge on any atom is -0.362 e. The smallest absolute Gasteiger partial charge is 0.225 e. The lowest BCUT2D eigenvalue weighted by atomic mass is 9.91. The maximum Gasteiger partial charge on any atom is 0.225 e. The van der Waals surface area contributed by atoms with Crippen LogP contribution in [0.1, 0.15) is 44.2 Å². The van der Waals surface area contributed by atoms with Crippen molar-refractivity contribution in [3.8, 4) is 0 Å². The van der Waals surface area contributed by atoms with Crippen LogP contribution >= 0.6 is 12.2 Å². The van der Waals surface area contributed by atoms with Gasteiger partial charge in [-0.3, -0.25) is 0 Å². The van der Waals surface area contributed by atoms with Crippen LogP contribution in [0.3, 0.4) is 0 Å². The van der Waals surface area contributed by atoms with Crippen molar-refractivity contribution in [2.45, 2.75) is 50.7 Å². The van der Waals surface area contributed by atoms with E-state index in [0.717, 1.165) is 47.5 Å². The minimum absolute atomic E-state index is 0.185. The SMILES string of the molecule is CC(NC(=S)N[C@H]1CC[C@@H](Nc2nc(N(C)C)c3ccccc3n2)CC1)c1ccccc1. The van der Waals surface area contributed by atoms with Gasteiger partial charge in [-0.15, -0.1) is 0 Å². The summed E-state index contributed by atoms with van der Waals surface area (Å²) in [4.78, 5) is 11.6. The molecule has 32 heavy (non-hydrogen) atoms. The van der Waals surface area contributed by atoms with Crippen molar-refractivity contribution in [2.24, 2.45) is 0 Å². The zero-order valence-electron chi connectivity index (χ0n) is 19.0. The molecule has 7 heteroatoms. The molecule has 1 saturated carbocycles. The Kier molecular flexibility index (Phi) is 7.05. The molecule has 1 aromatic heterocycles. The van der Waals surface area contributed by atoms with Crippen LogP contribution in [0.2, 0.25) is 0 Å². The summed E-state index contributed by atoms with van der Waals surface area (Å²) in [5, 5.41) is 12.3. The van der Waals surface area contributed by atoms with E-state index in [1.807, 2.05) is 43.3 Å². The van der Waals surface area contributed by atoms with E-state index < -0.39 is 0 Å². The van der Waals surface area contributed by atoms with E-state index in [4.69, 9.17) is 22.2 Å². The average Bonchev–Trinajstić information content (AvgIpc) is 2.80. The number of benzene rings is 2. The number of nitrogens with zero attached hydrogens (tertiary/aromatic N) is 3. The fourth-order valence-electron chi connectivity index (χ4n) is 4.28. The predicted octanol–water partition coefficient (Wildman–Crippen LogP) is 4.64. The molecule has 1 aliphatic rings. The molecular weight excluding hydrogens is 416 g/mol. The largest absolute Gasteiger partial charge is 0.362 e. The summed E-state index contributed by atoms with van der Waals surface area (Å²) < 4.78 is 0. The molecule has 0 spiro atoms. The Morgan fingerprint density at radius 2 is 1.59 bits per heavy atom. The topological polar surface area (TPSA) is 65.1 Å². The van der Waals surface area contributed by atoms with Crippen molar-refractivity contribution in [3.05, 3.63) is 60.2 Å². The van der Waals surface area contributed by atoms with Crippen molar-refractivity contribution in [1.82, 2.24) is 20.6 Å². The lowest BCUT2D eigenvalue weighted by Gasteiger charge is -2.31. The number of thiocarbonyl (C=S) groups is 1. The lowest BCUT2D eigenvalue weighted by Crippen LogP contribution is -2.45. The van der Waals surface area contributed by atoms with Gasteiger partial charge in [-0.1, -0.05) is 42.5 Å². The van der Waals surface area contributed by atoms with Crippen molar-refractivity contribution < 1.29 is 0 Å². The Balaban J connectivity index is 1.30. The van der Waals surface area contributed by atoms with Crippen molar-refractivity contribution in [1.29, 1.82) is 0 Å². The fourth-order valence-corrected chi connectivity index (χ4v) is 4.62. The van der Waals surface area contributed by atoms with E-state index >= 15 is 0 Å². The highest BCUT2D eigenvalue weighted by atomic mass is 32.1. The second-order valence-corrected chi connectivity index (χ2v) is 9.13. The summed E-state index contributed by atoms with van der Waals surface area (Å²) in [6.45, 7) is 2.13. The van der Waals surface area contributed by atoms with Crippen LogP contribution in [-0.4, -0.2) is 41.3 Å². The van der Waals surface area contributed by atoms with Gasteiger partial charge in [-0.25, -0.2) is 4.98 Å². The molecule has 2 aromatic carbocycles. The van der Waals surface area contributed by atoms with Gasteiger partial charge >= 0.3 is 0 Å². The zero-order valence-corrected chi connectivity index (χ0v) is 19.8. The van der Waals surface area contributed by atoms with E-state index in [0.29, 0.717) is 18.0 Å². The van der Waals surface area contributed by atoms with Crippen molar-refractivity contribution in [2.75, 3.05) is 24.3 Å². The van der Waals surface area contributed by atoms with Gasteiger partial charge in [0.15, 0.2) is 5.11 Å². The molecule has 0 radical (unpaired) electrons. The summed E-state index contributed by atoms with van der Waals surface area (Å²) in [7, 11) is 4.04. The number of rotatable bonds is 6. The first-order valence-electron chi connectivity index (χ1n) is 11.3. The average molecular weight is 449 g/mol. The molecule has 1 unspecified atom stereocenters. The number of anilines is 2. The highest BCUT2D eigenvalue weighted by Gasteiger charge is 2.23. The third-order valence-electron chi connectivity index (χ3n) is 6.05. The third kappa shape index (κ3) is 5.46. The van der Waals surface area contributed by atoms with Crippen LogP contribution in [0.4, 0.5) is 11.8 Å². The van der Waals surface area contributed by atoms with Crippen molar-refractivity contribution >= 4 is 40.0 Å². The van der Waals surface area contributed by atoms with Crippen LogP contribution in [0, 0.1) is 0 Å². The van der Waals surface area contributed by atoms with Crippen LogP contribution in [0.15, 0.2) is 54.6 Å². The Morgan fingerprint density at radius 1 is 0.938 bits per heavy atom. The Labute approximate surface area is 195 Å². The van der Waals surface area contributed by atoms with E-state index in [1.54, 1.807) is 0 Å². The molecule has 0 saturated heterocycles. The number of fused-ring (bicyclic) bond motifs is 1. The fraction of sp³-hybridized carbons (Fsp3) is 0.400. The molecular formula is C25H32N6S. The van der Waals surface area contributed by atoms with Gasteiger partial charge in [-0.05, 0) is 62.5 Å². The Bertz CT molecular complexity index is 1050. The van der Waals surface area contributed by atoms with Crippen molar-refractivity contribution in [3.63, 3.8) is 0 Å². The van der Waals surface area contributed by atoms with Crippen LogP contribution in [-0.2, 0) is 0 Å². The zero-order chi connectivity index (χ0) is 22.5. The molecule has 4 rings (SSSR count). The molecule has 168 valence electrons. The van der Waals surface area contributed by atoms with Gasteiger partial charge in [0.05, 0.1) is 11.6 Å². The molecule has 3 aromatic rings. The van der Waals surface area contributed by atoms with E-state index in [2.05, 4.69) is 53.2 Å². The number of nitrogens with one attached hydrogen (secondary N) is 3. The Hall–Kier alpha value is -2.93. The highest BCUT2D eigenvalue weighted by Crippen LogP contribution is 2.26. The van der Waals surface area contributed by atoms with Gasteiger partial charge in [0.1, 0.15) is 5.82 Å². The lowest BCUT2D eigenvalue weighted by molar-refractivity contribution is 0.384. The highest BCUT2D eigenvalue weighted by molar-refractivity contribution is 7.80. The van der Waals surface area contributed by atoms with Gasteiger partial charge in [0, 0.05) is 31.6 Å². The molecule has 0 aliphatic heterocycles. The van der Waals surface area contributed by atoms with E-state index in [-0.39, 0.29) is 6.04 Å². The second kappa shape index (κ2) is 10.1. The maximum atomic E-state index is 5.57. The number of aromatic nitrogens is 2. The van der Waals surface area contributed by atoms with Crippen LogP contribution < -0.4 is 20.9 Å².